The van der Waals surface area contributed by atoms with E-state index in [0.29, 0.717) is 0 Å². The third-order valence-corrected chi connectivity index (χ3v) is 2.24. The van der Waals surface area contributed by atoms with Gasteiger partial charge in [0.05, 0.1) is 6.54 Å². The van der Waals surface area contributed by atoms with Crippen molar-refractivity contribution in [2.45, 2.75) is 26.2 Å². The first-order valence-corrected chi connectivity index (χ1v) is 5.42. The Labute approximate surface area is 87.0 Å². The summed E-state index contributed by atoms with van der Waals surface area (Å²) in [6.07, 6.45) is 9.99. The minimum Gasteiger partial charge on any atom is -0.299 e. The lowest BCUT2D eigenvalue weighted by Gasteiger charge is -2.32. The maximum Gasteiger partial charge on any atom is 0.0529 e. The summed E-state index contributed by atoms with van der Waals surface area (Å²) < 4.78 is 0. The van der Waals surface area contributed by atoms with Crippen LogP contribution in [0.4, 0.5) is 0 Å². The number of unbranched alkanes of at least 4 members (excludes halogenated alkanes) is 2. The topological polar surface area (TPSA) is 18.5 Å². The van der Waals surface area contributed by atoms with Gasteiger partial charge in [-0.3, -0.25) is 5.01 Å². The molecule has 0 aromatic carbocycles. The second-order valence-corrected chi connectivity index (χ2v) is 3.58. The predicted octanol–water partition coefficient (Wildman–Crippen LogP) is 1.91. The molecule has 0 fully saturated rings. The van der Waals surface area contributed by atoms with Gasteiger partial charge in [-0.15, -0.1) is 6.58 Å². The minimum atomic E-state index is 0.848. The fourth-order valence-electron chi connectivity index (χ4n) is 1.49. The van der Waals surface area contributed by atoms with E-state index >= 15 is 0 Å². The van der Waals surface area contributed by atoms with E-state index < -0.39 is 0 Å². The number of nitrogens with zero attached hydrogens (tertiary/aromatic N) is 2. The summed E-state index contributed by atoms with van der Waals surface area (Å²) in [5.74, 6) is 0. The SMILES string of the molecule is C=CCN1C=CCN(CCCCC)N1. The van der Waals surface area contributed by atoms with Gasteiger partial charge in [0.2, 0.25) is 0 Å². The van der Waals surface area contributed by atoms with Gasteiger partial charge in [-0.2, -0.15) is 5.53 Å². The first kappa shape index (κ1) is 11.3. The van der Waals surface area contributed by atoms with Gasteiger partial charge in [-0.25, -0.2) is 5.01 Å². The summed E-state index contributed by atoms with van der Waals surface area (Å²) >= 11 is 0. The molecule has 3 nitrogen and oxygen atoms in total. The van der Waals surface area contributed by atoms with Crippen molar-refractivity contribution < 1.29 is 0 Å². The molecule has 80 valence electrons. The van der Waals surface area contributed by atoms with E-state index in [1.165, 1.54) is 19.3 Å². The molecule has 1 aliphatic heterocycles. The second kappa shape index (κ2) is 6.62. The molecule has 1 heterocycles. The maximum absolute atomic E-state index is 3.72. The lowest BCUT2D eigenvalue weighted by molar-refractivity contribution is 0.0613. The number of rotatable bonds is 6. The molecule has 1 rings (SSSR count). The molecule has 1 aliphatic rings. The molecule has 0 aliphatic carbocycles. The molecule has 14 heavy (non-hydrogen) atoms. The fraction of sp³-hybridized carbons (Fsp3) is 0.636. The van der Waals surface area contributed by atoms with Crippen LogP contribution in [0.25, 0.3) is 0 Å². The minimum absolute atomic E-state index is 0.848. The fourth-order valence-corrected chi connectivity index (χ4v) is 1.49. The molecule has 0 bridgehead atoms. The van der Waals surface area contributed by atoms with E-state index in [4.69, 9.17) is 0 Å². The smallest absolute Gasteiger partial charge is 0.0529 e. The average molecular weight is 195 g/mol. The van der Waals surface area contributed by atoms with E-state index in [-0.39, 0.29) is 0 Å². The number of hydrogen-bond acceptors (Lipinski definition) is 3. The normalized spacial score (nSPS) is 17.4. The van der Waals surface area contributed by atoms with E-state index in [1.807, 2.05) is 11.1 Å². The van der Waals surface area contributed by atoms with Crippen molar-refractivity contribution in [2.24, 2.45) is 0 Å². The van der Waals surface area contributed by atoms with Crippen molar-refractivity contribution in [2.75, 3.05) is 19.6 Å². The van der Waals surface area contributed by atoms with Crippen LogP contribution in [0.3, 0.4) is 0 Å². The Balaban J connectivity index is 2.21. The highest BCUT2D eigenvalue weighted by Crippen LogP contribution is 2.01. The molecular weight excluding hydrogens is 174 g/mol. The van der Waals surface area contributed by atoms with E-state index in [1.54, 1.807) is 0 Å². The zero-order chi connectivity index (χ0) is 10.2. The van der Waals surface area contributed by atoms with Gasteiger partial charge in [-0.05, 0) is 6.42 Å². The Morgan fingerprint density at radius 2 is 2.36 bits per heavy atom. The molecule has 3 heteroatoms. The maximum atomic E-state index is 3.72. The van der Waals surface area contributed by atoms with Crippen molar-refractivity contribution in [3.8, 4) is 0 Å². The van der Waals surface area contributed by atoms with Crippen molar-refractivity contribution in [3.05, 3.63) is 24.9 Å². The van der Waals surface area contributed by atoms with Gasteiger partial charge in [-0.1, -0.05) is 31.9 Å². The van der Waals surface area contributed by atoms with Crippen molar-refractivity contribution >= 4 is 0 Å². The van der Waals surface area contributed by atoms with Crippen LogP contribution in [-0.2, 0) is 0 Å². The van der Waals surface area contributed by atoms with Gasteiger partial charge < -0.3 is 0 Å². The Bertz CT molecular complexity index is 189. The third kappa shape index (κ3) is 3.94. The highest BCUT2D eigenvalue weighted by atomic mass is 15.7. The molecule has 0 atom stereocenters. The summed E-state index contributed by atoms with van der Waals surface area (Å²) in [6, 6.07) is 0. The van der Waals surface area contributed by atoms with Crippen molar-refractivity contribution in [3.63, 3.8) is 0 Å². The standard InChI is InChI=1S/C11H21N3/c1-3-5-6-9-14-11-7-10-13(12-14)8-4-2/h4,7,10,12H,2-3,5-6,8-9,11H2,1H3. The van der Waals surface area contributed by atoms with Gasteiger partial charge >= 0.3 is 0 Å². The summed E-state index contributed by atoms with van der Waals surface area (Å²) in [5.41, 5.74) is 3.32. The Hall–Kier alpha value is -0.800. The van der Waals surface area contributed by atoms with Crippen LogP contribution in [0.5, 0.6) is 0 Å². The molecule has 1 N–H and O–H groups in total. The molecule has 0 unspecified atom stereocenters. The van der Waals surface area contributed by atoms with Gasteiger partial charge in [0.1, 0.15) is 0 Å². The van der Waals surface area contributed by atoms with E-state index in [9.17, 15) is 0 Å². The molecule has 0 saturated heterocycles. The van der Waals surface area contributed by atoms with Crippen LogP contribution < -0.4 is 5.53 Å². The molecule has 0 amide bonds. The monoisotopic (exact) mass is 195 g/mol. The molecule has 0 spiro atoms. The number of nitrogens with one attached hydrogen (secondary N) is 1. The third-order valence-electron chi connectivity index (χ3n) is 2.24. The quantitative estimate of drug-likeness (QED) is 0.516. The Morgan fingerprint density at radius 3 is 3.07 bits per heavy atom. The number of hydrazine groups is 2. The number of hydrogen-bond donors (Lipinski definition) is 1. The highest BCUT2D eigenvalue weighted by Gasteiger charge is 2.08. The van der Waals surface area contributed by atoms with Crippen molar-refractivity contribution in [1.82, 2.24) is 15.6 Å². The van der Waals surface area contributed by atoms with E-state index in [2.05, 4.69) is 36.3 Å². The van der Waals surface area contributed by atoms with Crippen LogP contribution in [0.15, 0.2) is 24.9 Å². The first-order chi connectivity index (χ1) is 6.86. The zero-order valence-corrected chi connectivity index (χ0v) is 9.08. The van der Waals surface area contributed by atoms with Crippen molar-refractivity contribution in [1.29, 1.82) is 0 Å². The Kier molecular flexibility index (Phi) is 5.33. The summed E-state index contributed by atoms with van der Waals surface area (Å²) in [5, 5.41) is 4.28. The largest absolute Gasteiger partial charge is 0.299 e. The average Bonchev–Trinajstić information content (AvgIpc) is 2.19. The van der Waals surface area contributed by atoms with Gasteiger partial charge in [0.15, 0.2) is 0 Å². The lowest BCUT2D eigenvalue weighted by atomic mass is 10.2. The summed E-state index contributed by atoms with van der Waals surface area (Å²) in [7, 11) is 0. The first-order valence-electron chi connectivity index (χ1n) is 5.42. The molecule has 0 saturated carbocycles. The second-order valence-electron chi connectivity index (χ2n) is 3.58. The lowest BCUT2D eigenvalue weighted by Crippen LogP contribution is -2.50. The zero-order valence-electron chi connectivity index (χ0n) is 9.08. The summed E-state index contributed by atoms with van der Waals surface area (Å²) in [4.78, 5) is 0. The molecular formula is C11H21N3. The highest BCUT2D eigenvalue weighted by molar-refractivity contribution is 4.89. The molecule has 0 radical (unpaired) electrons. The molecule has 0 aromatic rings. The summed E-state index contributed by atoms with van der Waals surface area (Å²) in [6.45, 7) is 8.91. The van der Waals surface area contributed by atoms with Crippen LogP contribution >= 0.6 is 0 Å². The van der Waals surface area contributed by atoms with Crippen LogP contribution in [0, 0.1) is 0 Å². The van der Waals surface area contributed by atoms with Gasteiger partial charge in [0, 0.05) is 19.3 Å². The van der Waals surface area contributed by atoms with Crippen LogP contribution in [0.1, 0.15) is 26.2 Å². The van der Waals surface area contributed by atoms with E-state index in [0.717, 1.165) is 19.6 Å². The van der Waals surface area contributed by atoms with Crippen LogP contribution in [0.2, 0.25) is 0 Å². The predicted molar refractivity (Wildman–Crippen MR) is 60.3 cm³/mol. The van der Waals surface area contributed by atoms with Gasteiger partial charge in [0.25, 0.3) is 0 Å². The van der Waals surface area contributed by atoms with Crippen LogP contribution in [-0.4, -0.2) is 29.7 Å². The molecule has 0 aromatic heterocycles. The Morgan fingerprint density at radius 1 is 1.50 bits per heavy atom.